The summed E-state index contributed by atoms with van der Waals surface area (Å²) < 4.78 is 2.26. The molecule has 0 amide bonds. The van der Waals surface area contributed by atoms with Gasteiger partial charge < -0.3 is 0 Å². The van der Waals surface area contributed by atoms with E-state index in [1.165, 1.54) is 32.2 Å². The summed E-state index contributed by atoms with van der Waals surface area (Å²) in [6.45, 7) is 5.76. The van der Waals surface area contributed by atoms with E-state index in [0.29, 0.717) is 0 Å². The average Bonchev–Trinajstić information content (AvgIpc) is 2.18. The molecule has 0 N–H and O–H groups in total. The van der Waals surface area contributed by atoms with Crippen LogP contribution in [0.15, 0.2) is 30.6 Å². The molecule has 0 bridgehead atoms. The predicted molar refractivity (Wildman–Crippen MR) is 59.9 cm³/mol. The molecular weight excluding hydrogens is 170 g/mol. The highest BCUT2D eigenvalue weighted by Crippen LogP contribution is 2.07. The fraction of sp³-hybridized carbons (Fsp3) is 0.615. The number of nitrogens with zero attached hydrogens (tertiary/aromatic N) is 1. The van der Waals surface area contributed by atoms with Crippen LogP contribution in [0.25, 0.3) is 0 Å². The van der Waals surface area contributed by atoms with Crippen LogP contribution in [-0.4, -0.2) is 0 Å². The van der Waals surface area contributed by atoms with Crippen LogP contribution in [-0.2, 0) is 6.54 Å². The molecule has 78 valence electrons. The first kappa shape index (κ1) is 11.2. The first-order chi connectivity index (χ1) is 6.79. The zero-order valence-corrected chi connectivity index (χ0v) is 9.45. The van der Waals surface area contributed by atoms with Crippen LogP contribution in [0, 0.1) is 5.92 Å². The van der Waals surface area contributed by atoms with Crippen molar-refractivity contribution in [2.75, 3.05) is 0 Å². The van der Waals surface area contributed by atoms with E-state index in [4.69, 9.17) is 0 Å². The second kappa shape index (κ2) is 6.58. The Morgan fingerprint density at radius 2 is 1.64 bits per heavy atom. The number of hydrogen-bond donors (Lipinski definition) is 0. The van der Waals surface area contributed by atoms with Crippen LogP contribution in [0.2, 0.25) is 0 Å². The molecule has 0 aromatic carbocycles. The van der Waals surface area contributed by atoms with Crippen LogP contribution >= 0.6 is 0 Å². The maximum atomic E-state index is 2.30. The average molecular weight is 192 g/mol. The van der Waals surface area contributed by atoms with Crippen molar-refractivity contribution in [1.82, 2.24) is 0 Å². The second-order valence-corrected chi connectivity index (χ2v) is 4.36. The number of aryl methyl sites for hydroxylation is 1. The van der Waals surface area contributed by atoms with Crippen LogP contribution in [0.4, 0.5) is 0 Å². The van der Waals surface area contributed by atoms with Gasteiger partial charge in [0.05, 0.1) is 0 Å². The lowest BCUT2D eigenvalue weighted by Gasteiger charge is -2.02. The van der Waals surface area contributed by atoms with Crippen LogP contribution < -0.4 is 4.57 Å². The van der Waals surface area contributed by atoms with E-state index < -0.39 is 0 Å². The summed E-state index contributed by atoms with van der Waals surface area (Å²) >= 11 is 0. The van der Waals surface area contributed by atoms with Crippen molar-refractivity contribution < 1.29 is 4.57 Å². The lowest BCUT2D eigenvalue weighted by Crippen LogP contribution is -2.32. The topological polar surface area (TPSA) is 3.88 Å². The molecule has 1 rings (SSSR count). The minimum atomic E-state index is 0.861. The SMILES string of the molecule is CC(C)CCCCC[n+]1ccccc1. The van der Waals surface area contributed by atoms with Crippen molar-refractivity contribution >= 4 is 0 Å². The largest absolute Gasteiger partial charge is 0.205 e. The van der Waals surface area contributed by atoms with Gasteiger partial charge in [0, 0.05) is 18.6 Å². The van der Waals surface area contributed by atoms with Crippen LogP contribution in [0.5, 0.6) is 0 Å². The number of aromatic nitrogens is 1. The van der Waals surface area contributed by atoms with Gasteiger partial charge in [-0.1, -0.05) is 32.8 Å². The van der Waals surface area contributed by atoms with Crippen molar-refractivity contribution in [3.8, 4) is 0 Å². The van der Waals surface area contributed by atoms with Crippen molar-refractivity contribution in [3.63, 3.8) is 0 Å². The molecule has 0 aliphatic rings. The smallest absolute Gasteiger partial charge is 0.168 e. The van der Waals surface area contributed by atoms with Crippen molar-refractivity contribution in [2.24, 2.45) is 5.92 Å². The van der Waals surface area contributed by atoms with Gasteiger partial charge in [-0.25, -0.2) is 4.57 Å². The van der Waals surface area contributed by atoms with Gasteiger partial charge in [-0.3, -0.25) is 0 Å². The van der Waals surface area contributed by atoms with Gasteiger partial charge >= 0.3 is 0 Å². The number of hydrogen-bond acceptors (Lipinski definition) is 0. The standard InChI is InChI=1S/C13H22N/c1-13(2)9-5-3-6-10-14-11-7-4-8-12-14/h4,7-8,11-13H,3,5-6,9-10H2,1-2H3/q+1. The van der Waals surface area contributed by atoms with Gasteiger partial charge in [-0.05, 0) is 12.3 Å². The van der Waals surface area contributed by atoms with Gasteiger partial charge in [0.1, 0.15) is 6.54 Å². The molecule has 1 heterocycles. The molecule has 0 saturated heterocycles. The molecule has 1 aromatic heterocycles. The Morgan fingerprint density at radius 1 is 0.929 bits per heavy atom. The van der Waals surface area contributed by atoms with Gasteiger partial charge in [0.2, 0.25) is 0 Å². The highest BCUT2D eigenvalue weighted by molar-refractivity contribution is 4.83. The Hall–Kier alpha value is -0.850. The molecule has 1 heteroatoms. The molecule has 0 aliphatic carbocycles. The summed E-state index contributed by atoms with van der Waals surface area (Å²) in [4.78, 5) is 0. The maximum Gasteiger partial charge on any atom is 0.168 e. The first-order valence-corrected chi connectivity index (χ1v) is 5.73. The van der Waals surface area contributed by atoms with Crippen molar-refractivity contribution in [1.29, 1.82) is 0 Å². The molecular formula is C13H22N+. The molecule has 0 fully saturated rings. The third-order valence-corrected chi connectivity index (χ3v) is 2.48. The summed E-state index contributed by atoms with van der Waals surface area (Å²) in [6, 6.07) is 6.25. The van der Waals surface area contributed by atoms with E-state index in [0.717, 1.165) is 5.92 Å². The molecule has 1 aromatic rings. The molecule has 0 spiro atoms. The zero-order valence-electron chi connectivity index (χ0n) is 9.45. The monoisotopic (exact) mass is 192 g/mol. The van der Waals surface area contributed by atoms with Crippen LogP contribution in [0.3, 0.4) is 0 Å². The van der Waals surface area contributed by atoms with E-state index >= 15 is 0 Å². The first-order valence-electron chi connectivity index (χ1n) is 5.73. The Bertz CT molecular complexity index is 228. The van der Waals surface area contributed by atoms with E-state index in [2.05, 4.69) is 49.0 Å². The van der Waals surface area contributed by atoms with E-state index in [9.17, 15) is 0 Å². The minimum absolute atomic E-state index is 0.861. The molecule has 0 aliphatic heterocycles. The molecule has 0 atom stereocenters. The summed E-state index contributed by atoms with van der Waals surface area (Å²) in [6.07, 6.45) is 9.71. The Balaban J connectivity index is 2.05. The molecule has 0 radical (unpaired) electrons. The van der Waals surface area contributed by atoms with Crippen LogP contribution in [0.1, 0.15) is 39.5 Å². The molecule has 1 nitrogen and oxygen atoms in total. The lowest BCUT2D eigenvalue weighted by atomic mass is 10.1. The Morgan fingerprint density at radius 3 is 2.29 bits per heavy atom. The quantitative estimate of drug-likeness (QED) is 0.481. The van der Waals surface area contributed by atoms with E-state index in [1.54, 1.807) is 0 Å². The summed E-state index contributed by atoms with van der Waals surface area (Å²) in [7, 11) is 0. The minimum Gasteiger partial charge on any atom is -0.205 e. The molecule has 14 heavy (non-hydrogen) atoms. The summed E-state index contributed by atoms with van der Waals surface area (Å²) in [5.41, 5.74) is 0. The Kier molecular flexibility index (Phi) is 5.28. The van der Waals surface area contributed by atoms with Gasteiger partial charge in [0.25, 0.3) is 0 Å². The zero-order chi connectivity index (χ0) is 10.2. The molecule has 0 unspecified atom stereocenters. The van der Waals surface area contributed by atoms with Crippen molar-refractivity contribution in [3.05, 3.63) is 30.6 Å². The maximum absolute atomic E-state index is 2.30. The summed E-state index contributed by atoms with van der Waals surface area (Å²) in [5, 5.41) is 0. The van der Waals surface area contributed by atoms with E-state index in [-0.39, 0.29) is 0 Å². The van der Waals surface area contributed by atoms with E-state index in [1.807, 2.05) is 0 Å². The van der Waals surface area contributed by atoms with Gasteiger partial charge in [-0.2, -0.15) is 0 Å². The second-order valence-electron chi connectivity index (χ2n) is 4.36. The highest BCUT2D eigenvalue weighted by atomic mass is 14.9. The molecule has 0 saturated carbocycles. The lowest BCUT2D eigenvalue weighted by molar-refractivity contribution is -0.697. The fourth-order valence-corrected chi connectivity index (χ4v) is 1.61. The van der Waals surface area contributed by atoms with Gasteiger partial charge in [0.15, 0.2) is 12.4 Å². The predicted octanol–water partition coefficient (Wildman–Crippen LogP) is 3.19. The highest BCUT2D eigenvalue weighted by Gasteiger charge is 1.98. The third-order valence-electron chi connectivity index (χ3n) is 2.48. The number of rotatable bonds is 6. The Labute approximate surface area is 87.8 Å². The number of unbranched alkanes of at least 4 members (excludes halogenated alkanes) is 2. The third kappa shape index (κ3) is 5.00. The normalized spacial score (nSPS) is 10.8. The number of pyridine rings is 1. The summed E-state index contributed by atoms with van der Waals surface area (Å²) in [5.74, 6) is 0.861. The van der Waals surface area contributed by atoms with Crippen molar-refractivity contribution in [2.45, 2.75) is 46.1 Å². The van der Waals surface area contributed by atoms with Gasteiger partial charge in [-0.15, -0.1) is 0 Å². The fourth-order valence-electron chi connectivity index (χ4n) is 1.61.